The molecule has 2 amide bonds. The van der Waals surface area contributed by atoms with Crippen LogP contribution >= 0.6 is 0 Å². The zero-order chi connectivity index (χ0) is 32.4. The van der Waals surface area contributed by atoms with Crippen LogP contribution in [0.15, 0.2) is 114 Å². The van der Waals surface area contributed by atoms with Gasteiger partial charge in [-0.1, -0.05) is 55.5 Å². The summed E-state index contributed by atoms with van der Waals surface area (Å²) in [5, 5.41) is 2.94. The topological polar surface area (TPSA) is 105 Å². The molecule has 0 aromatic heterocycles. The molecule has 0 heterocycles. The molecule has 1 N–H and O–H groups in total. The van der Waals surface area contributed by atoms with Crippen molar-refractivity contribution in [2.45, 2.75) is 50.7 Å². The molecule has 0 fully saturated rings. The summed E-state index contributed by atoms with van der Waals surface area (Å²) < 4.78 is 40.2. The third kappa shape index (κ3) is 8.63. The second-order valence-corrected chi connectivity index (χ2v) is 12.5. The van der Waals surface area contributed by atoms with Gasteiger partial charge < -0.3 is 19.7 Å². The maximum Gasteiger partial charge on any atom is 0.264 e. The number of para-hydroxylation sites is 1. The molecule has 4 aromatic rings. The lowest BCUT2D eigenvalue weighted by Gasteiger charge is -2.32. The number of hydrogen-bond donors (Lipinski definition) is 1. The summed E-state index contributed by atoms with van der Waals surface area (Å²) in [4.78, 5) is 28.8. The number of benzene rings is 4. The van der Waals surface area contributed by atoms with Crippen molar-refractivity contribution in [3.05, 3.63) is 115 Å². The predicted molar refractivity (Wildman–Crippen MR) is 175 cm³/mol. The first-order chi connectivity index (χ1) is 21.6. The van der Waals surface area contributed by atoms with Gasteiger partial charge >= 0.3 is 0 Å². The van der Waals surface area contributed by atoms with E-state index in [-0.39, 0.29) is 29.1 Å². The Morgan fingerprint density at radius 2 is 1.33 bits per heavy atom. The lowest BCUT2D eigenvalue weighted by Crippen LogP contribution is -2.52. The van der Waals surface area contributed by atoms with E-state index in [1.807, 2.05) is 56.3 Å². The fourth-order valence-electron chi connectivity index (χ4n) is 4.53. The summed E-state index contributed by atoms with van der Waals surface area (Å²) in [6.45, 7) is 5.04. The van der Waals surface area contributed by atoms with Crippen molar-refractivity contribution >= 4 is 27.5 Å². The van der Waals surface area contributed by atoms with Crippen molar-refractivity contribution in [2.75, 3.05) is 18.0 Å². The van der Waals surface area contributed by atoms with Crippen molar-refractivity contribution in [3.63, 3.8) is 0 Å². The highest BCUT2D eigenvalue weighted by molar-refractivity contribution is 7.92. The highest BCUT2D eigenvalue weighted by Crippen LogP contribution is 2.28. The van der Waals surface area contributed by atoms with Gasteiger partial charge in [-0.05, 0) is 86.5 Å². The summed E-state index contributed by atoms with van der Waals surface area (Å²) in [6.07, 6.45) is 0.720. The molecule has 0 aliphatic rings. The third-order valence-corrected chi connectivity index (χ3v) is 9.18. The first-order valence-electron chi connectivity index (χ1n) is 14.8. The van der Waals surface area contributed by atoms with E-state index < -0.39 is 28.5 Å². The van der Waals surface area contributed by atoms with Crippen LogP contribution in [0.5, 0.6) is 17.2 Å². The van der Waals surface area contributed by atoms with Crippen LogP contribution in [-0.2, 0) is 26.2 Å². The number of hydrogen-bond acceptors (Lipinski definition) is 6. The molecular formula is C35H39N3O6S. The third-order valence-electron chi connectivity index (χ3n) is 7.39. The van der Waals surface area contributed by atoms with Crippen LogP contribution in [0.3, 0.4) is 0 Å². The Morgan fingerprint density at radius 1 is 0.778 bits per heavy atom. The Kier molecular flexibility index (Phi) is 11.2. The number of carbonyl (C=O) groups is 2. The van der Waals surface area contributed by atoms with Crippen LogP contribution in [0.1, 0.15) is 32.8 Å². The Morgan fingerprint density at radius 3 is 1.91 bits per heavy atom. The minimum Gasteiger partial charge on any atom is -0.497 e. The maximum absolute atomic E-state index is 14.1. The molecule has 0 saturated carbocycles. The number of amides is 2. The lowest BCUT2D eigenvalue weighted by atomic mass is 10.1. The van der Waals surface area contributed by atoms with Crippen molar-refractivity contribution in [1.29, 1.82) is 0 Å². The second-order valence-electron chi connectivity index (χ2n) is 10.6. The zero-order valence-corrected chi connectivity index (χ0v) is 26.7. The van der Waals surface area contributed by atoms with Crippen molar-refractivity contribution < 1.29 is 27.5 Å². The van der Waals surface area contributed by atoms with E-state index in [4.69, 9.17) is 9.47 Å². The Labute approximate surface area is 265 Å². The molecule has 0 aliphatic carbocycles. The van der Waals surface area contributed by atoms with Gasteiger partial charge in [0.2, 0.25) is 11.8 Å². The highest BCUT2D eigenvalue weighted by atomic mass is 32.2. The van der Waals surface area contributed by atoms with Crippen molar-refractivity contribution in [2.24, 2.45) is 0 Å². The minimum absolute atomic E-state index is 0.0340. The molecule has 4 rings (SSSR count). The second kappa shape index (κ2) is 15.3. The molecule has 2 atom stereocenters. The average Bonchev–Trinajstić information content (AvgIpc) is 3.07. The zero-order valence-electron chi connectivity index (χ0n) is 25.9. The van der Waals surface area contributed by atoms with Gasteiger partial charge in [-0.25, -0.2) is 8.42 Å². The van der Waals surface area contributed by atoms with Gasteiger partial charge in [0, 0.05) is 12.6 Å². The fraction of sp³-hybridized carbons (Fsp3) is 0.257. The Balaban J connectivity index is 1.68. The van der Waals surface area contributed by atoms with E-state index in [0.29, 0.717) is 17.2 Å². The molecule has 236 valence electrons. The van der Waals surface area contributed by atoms with Crippen LogP contribution < -0.4 is 19.1 Å². The molecule has 0 saturated heterocycles. The van der Waals surface area contributed by atoms with Gasteiger partial charge in [0.1, 0.15) is 29.8 Å². The summed E-state index contributed by atoms with van der Waals surface area (Å²) in [5.41, 5.74) is 1.03. The van der Waals surface area contributed by atoms with E-state index in [2.05, 4.69) is 5.32 Å². The van der Waals surface area contributed by atoms with Gasteiger partial charge in [0.05, 0.1) is 17.7 Å². The average molecular weight is 630 g/mol. The molecule has 0 bridgehead atoms. The van der Waals surface area contributed by atoms with Crippen LogP contribution in [0.2, 0.25) is 0 Å². The van der Waals surface area contributed by atoms with Crippen LogP contribution in [-0.4, -0.2) is 50.9 Å². The monoisotopic (exact) mass is 629 g/mol. The number of anilines is 1. The van der Waals surface area contributed by atoms with Crippen molar-refractivity contribution in [1.82, 2.24) is 10.2 Å². The van der Waals surface area contributed by atoms with E-state index >= 15 is 0 Å². The van der Waals surface area contributed by atoms with E-state index in [1.165, 1.54) is 17.0 Å². The molecule has 45 heavy (non-hydrogen) atoms. The molecule has 4 aromatic carbocycles. The number of ether oxygens (including phenoxy) is 2. The molecular weight excluding hydrogens is 590 g/mol. The van der Waals surface area contributed by atoms with Gasteiger partial charge in [0.25, 0.3) is 10.0 Å². The summed E-state index contributed by atoms with van der Waals surface area (Å²) >= 11 is 0. The van der Waals surface area contributed by atoms with Gasteiger partial charge in [-0.3, -0.25) is 13.9 Å². The Hall–Kier alpha value is -4.83. The van der Waals surface area contributed by atoms with Gasteiger partial charge in [-0.2, -0.15) is 0 Å². The number of nitrogens with zero attached hydrogens (tertiary/aromatic N) is 2. The predicted octanol–water partition coefficient (Wildman–Crippen LogP) is 6.01. The number of carbonyl (C=O) groups excluding carboxylic acids is 2. The SMILES string of the molecule is CC[C@@H](C)NC(=O)[C@H](C)N(Cc1ccc(OC)cc1)C(=O)CN(c1ccc(Oc2ccccc2)cc1)S(=O)(=O)c1ccccc1. The highest BCUT2D eigenvalue weighted by Gasteiger charge is 2.32. The molecule has 10 heteroatoms. The van der Waals surface area contributed by atoms with Gasteiger partial charge in [-0.15, -0.1) is 0 Å². The number of nitrogens with one attached hydrogen (secondary N) is 1. The largest absolute Gasteiger partial charge is 0.497 e. The lowest BCUT2D eigenvalue weighted by molar-refractivity contribution is -0.139. The molecule has 9 nitrogen and oxygen atoms in total. The van der Waals surface area contributed by atoms with Crippen LogP contribution in [0.25, 0.3) is 0 Å². The van der Waals surface area contributed by atoms with Crippen LogP contribution in [0, 0.1) is 0 Å². The van der Waals surface area contributed by atoms with Crippen LogP contribution in [0.4, 0.5) is 5.69 Å². The molecule has 0 spiro atoms. The smallest absolute Gasteiger partial charge is 0.264 e. The van der Waals surface area contributed by atoms with Gasteiger partial charge in [0.15, 0.2) is 0 Å². The van der Waals surface area contributed by atoms with E-state index in [1.54, 1.807) is 68.6 Å². The number of methoxy groups -OCH3 is 1. The normalized spacial score (nSPS) is 12.4. The minimum atomic E-state index is -4.18. The summed E-state index contributed by atoms with van der Waals surface area (Å²) in [5.74, 6) is 0.921. The summed E-state index contributed by atoms with van der Waals surface area (Å²) in [7, 11) is -2.61. The van der Waals surface area contributed by atoms with Crippen molar-refractivity contribution in [3.8, 4) is 17.2 Å². The fourth-order valence-corrected chi connectivity index (χ4v) is 5.96. The number of sulfonamides is 1. The first-order valence-corrected chi connectivity index (χ1v) is 16.2. The van der Waals surface area contributed by atoms with E-state index in [0.717, 1.165) is 16.3 Å². The standard InChI is InChI=1S/C35H39N3O6S/c1-5-26(2)36-35(40)27(3)37(24-28-16-20-30(43-4)21-17-28)34(39)25-38(45(41,42)33-14-10-7-11-15-33)29-18-22-32(23-19-29)44-31-12-8-6-9-13-31/h6-23,26-27H,5,24-25H2,1-4H3,(H,36,40)/t26-,27+/m1/s1. The first kappa shape index (κ1) is 33.1. The molecule has 0 radical (unpaired) electrons. The molecule has 0 aliphatic heterocycles. The quantitative estimate of drug-likeness (QED) is 0.183. The maximum atomic E-state index is 14.1. The Bertz CT molecular complexity index is 1650. The number of rotatable bonds is 14. The summed E-state index contributed by atoms with van der Waals surface area (Å²) in [6, 6.07) is 29.8. The van der Waals surface area contributed by atoms with E-state index in [9.17, 15) is 18.0 Å². The molecule has 0 unspecified atom stereocenters.